The summed E-state index contributed by atoms with van der Waals surface area (Å²) in [4.78, 5) is 12.3. The van der Waals surface area contributed by atoms with Crippen LogP contribution < -0.4 is 9.47 Å². The van der Waals surface area contributed by atoms with E-state index in [4.69, 9.17) is 19.5 Å². The lowest BCUT2D eigenvalue weighted by Gasteiger charge is -2.06. The first-order valence-corrected chi connectivity index (χ1v) is 7.77. The van der Waals surface area contributed by atoms with Gasteiger partial charge >= 0.3 is 0 Å². The van der Waals surface area contributed by atoms with Crippen LogP contribution in [0.3, 0.4) is 0 Å². The zero-order valence-electron chi connectivity index (χ0n) is 14.0. The van der Waals surface area contributed by atoms with Crippen molar-refractivity contribution in [1.82, 2.24) is 0 Å². The number of carbonyl (C=O) groups is 1. The van der Waals surface area contributed by atoms with Crippen molar-refractivity contribution >= 4 is 11.9 Å². The smallest absolute Gasteiger partial charge is 0.185 e. The number of ketones is 1. The Labute approximate surface area is 147 Å². The van der Waals surface area contributed by atoms with Crippen molar-refractivity contribution in [3.8, 4) is 17.6 Å². The maximum absolute atomic E-state index is 12.3. The first kappa shape index (κ1) is 18.2. The number of ether oxygens (including phenoxy) is 3. The molecule has 0 spiro atoms. The van der Waals surface area contributed by atoms with E-state index in [1.807, 2.05) is 24.3 Å². The predicted octanol–water partition coefficient (Wildman–Crippen LogP) is 3.51. The van der Waals surface area contributed by atoms with Crippen LogP contribution in [0.25, 0.3) is 6.08 Å². The Morgan fingerprint density at radius 3 is 2.56 bits per heavy atom. The summed E-state index contributed by atoms with van der Waals surface area (Å²) in [5.74, 6) is 1.13. The van der Waals surface area contributed by atoms with E-state index >= 15 is 0 Å². The summed E-state index contributed by atoms with van der Waals surface area (Å²) < 4.78 is 15.7. The van der Waals surface area contributed by atoms with Gasteiger partial charge in [0.15, 0.2) is 12.4 Å². The van der Waals surface area contributed by atoms with Gasteiger partial charge in [-0.3, -0.25) is 4.79 Å². The number of carbonyl (C=O) groups excluding carboxylic acids is 1. The van der Waals surface area contributed by atoms with Crippen LogP contribution >= 0.6 is 0 Å². The molecular weight excluding hydrogens is 318 g/mol. The van der Waals surface area contributed by atoms with Gasteiger partial charge < -0.3 is 14.2 Å². The average Bonchev–Trinajstić information content (AvgIpc) is 2.66. The molecular formula is C20H19NO4. The zero-order valence-corrected chi connectivity index (χ0v) is 14.0. The second-order valence-corrected chi connectivity index (χ2v) is 5.05. The topological polar surface area (TPSA) is 68.6 Å². The summed E-state index contributed by atoms with van der Waals surface area (Å²) in [5.41, 5.74) is 1.30. The van der Waals surface area contributed by atoms with Gasteiger partial charge in [-0.05, 0) is 42.5 Å². The lowest BCUT2D eigenvalue weighted by Crippen LogP contribution is -2.04. The minimum atomic E-state index is -0.126. The van der Waals surface area contributed by atoms with Crippen LogP contribution in [-0.2, 0) is 4.74 Å². The van der Waals surface area contributed by atoms with Gasteiger partial charge in [-0.2, -0.15) is 5.26 Å². The maximum Gasteiger partial charge on any atom is 0.185 e. The quantitative estimate of drug-likeness (QED) is 0.398. The number of nitriles is 1. The third-order valence-electron chi connectivity index (χ3n) is 3.32. The number of allylic oxidation sites excluding steroid dienone is 1. The van der Waals surface area contributed by atoms with E-state index in [1.54, 1.807) is 43.5 Å². The molecule has 0 unspecified atom stereocenters. The van der Waals surface area contributed by atoms with Gasteiger partial charge in [0.25, 0.3) is 0 Å². The highest BCUT2D eigenvalue weighted by Crippen LogP contribution is 2.20. The standard InChI is InChI=1S/C20H19NO4/c1-23-14-15-24-18-9-6-16(7-10-18)19(22)11-8-17-4-2-3-5-20(17)25-13-12-21/h2-11H,13-15H2,1H3/b11-8+. The minimum Gasteiger partial charge on any atom is -0.491 e. The molecule has 0 amide bonds. The van der Waals surface area contributed by atoms with Crippen LogP contribution in [0.5, 0.6) is 11.5 Å². The number of rotatable bonds is 9. The molecule has 128 valence electrons. The monoisotopic (exact) mass is 337 g/mol. The first-order valence-electron chi connectivity index (χ1n) is 7.77. The minimum absolute atomic E-state index is 0.0384. The van der Waals surface area contributed by atoms with E-state index in [9.17, 15) is 4.79 Å². The van der Waals surface area contributed by atoms with E-state index in [2.05, 4.69) is 0 Å². The predicted molar refractivity (Wildman–Crippen MR) is 94.7 cm³/mol. The van der Waals surface area contributed by atoms with E-state index in [0.717, 1.165) is 5.56 Å². The molecule has 0 aliphatic carbocycles. The molecule has 0 N–H and O–H groups in total. The van der Waals surface area contributed by atoms with Gasteiger partial charge in [0, 0.05) is 18.2 Å². The number of benzene rings is 2. The molecule has 0 saturated carbocycles. The fourth-order valence-electron chi connectivity index (χ4n) is 2.08. The van der Waals surface area contributed by atoms with Gasteiger partial charge in [-0.25, -0.2) is 0 Å². The summed E-state index contributed by atoms with van der Waals surface area (Å²) >= 11 is 0. The first-order chi connectivity index (χ1) is 12.2. The van der Waals surface area contributed by atoms with Crippen molar-refractivity contribution in [2.45, 2.75) is 0 Å². The Bertz CT molecular complexity index is 760. The summed E-state index contributed by atoms with van der Waals surface area (Å²) in [6, 6.07) is 16.1. The molecule has 0 fully saturated rings. The van der Waals surface area contributed by atoms with Crippen molar-refractivity contribution in [1.29, 1.82) is 5.26 Å². The molecule has 0 bridgehead atoms. The molecule has 2 aromatic carbocycles. The summed E-state index contributed by atoms with van der Waals surface area (Å²) in [6.45, 7) is 0.934. The molecule has 2 rings (SSSR count). The second kappa shape index (κ2) is 9.91. The zero-order chi connectivity index (χ0) is 17.9. The Kier molecular flexibility index (Phi) is 7.23. The van der Waals surface area contributed by atoms with Gasteiger partial charge in [0.05, 0.1) is 6.61 Å². The molecule has 0 radical (unpaired) electrons. The molecule has 0 aliphatic heterocycles. The lowest BCUT2D eigenvalue weighted by atomic mass is 10.1. The molecule has 0 aromatic heterocycles. The second-order valence-electron chi connectivity index (χ2n) is 5.05. The van der Waals surface area contributed by atoms with E-state index < -0.39 is 0 Å². The number of nitrogens with zero attached hydrogens (tertiary/aromatic N) is 1. The third kappa shape index (κ3) is 5.79. The highest BCUT2D eigenvalue weighted by atomic mass is 16.5. The van der Waals surface area contributed by atoms with E-state index in [0.29, 0.717) is 30.3 Å². The van der Waals surface area contributed by atoms with Gasteiger partial charge in [0.1, 0.15) is 24.2 Å². The molecule has 0 saturated heterocycles. The van der Waals surface area contributed by atoms with Crippen LogP contribution in [0, 0.1) is 11.3 Å². The fraction of sp³-hybridized carbons (Fsp3) is 0.200. The molecule has 25 heavy (non-hydrogen) atoms. The molecule has 5 heteroatoms. The Morgan fingerprint density at radius 1 is 1.08 bits per heavy atom. The number of hydrogen-bond donors (Lipinski definition) is 0. The van der Waals surface area contributed by atoms with Gasteiger partial charge in [0.2, 0.25) is 0 Å². The average molecular weight is 337 g/mol. The van der Waals surface area contributed by atoms with E-state index in [-0.39, 0.29) is 12.4 Å². The Morgan fingerprint density at radius 2 is 1.84 bits per heavy atom. The van der Waals surface area contributed by atoms with Crippen LogP contribution in [0.2, 0.25) is 0 Å². The summed E-state index contributed by atoms with van der Waals surface area (Å²) in [5, 5.41) is 8.61. The van der Waals surface area contributed by atoms with Crippen molar-refractivity contribution in [3.05, 3.63) is 65.7 Å². The third-order valence-corrected chi connectivity index (χ3v) is 3.32. The van der Waals surface area contributed by atoms with Crippen molar-refractivity contribution in [2.24, 2.45) is 0 Å². The van der Waals surface area contributed by atoms with E-state index in [1.165, 1.54) is 6.08 Å². The Balaban J connectivity index is 2.02. The largest absolute Gasteiger partial charge is 0.491 e. The lowest BCUT2D eigenvalue weighted by molar-refractivity contribution is 0.104. The van der Waals surface area contributed by atoms with Crippen LogP contribution in [0.15, 0.2) is 54.6 Å². The highest BCUT2D eigenvalue weighted by molar-refractivity contribution is 6.07. The number of hydrogen-bond acceptors (Lipinski definition) is 5. The number of methoxy groups -OCH3 is 1. The maximum atomic E-state index is 12.3. The molecule has 0 atom stereocenters. The Hall–Kier alpha value is -3.10. The van der Waals surface area contributed by atoms with Crippen LogP contribution in [0.1, 0.15) is 15.9 Å². The normalized spacial score (nSPS) is 10.4. The van der Waals surface area contributed by atoms with Crippen molar-refractivity contribution in [3.63, 3.8) is 0 Å². The number of para-hydroxylation sites is 1. The molecule has 2 aromatic rings. The molecule has 0 heterocycles. The summed E-state index contributed by atoms with van der Waals surface area (Å²) in [6.07, 6.45) is 3.16. The fourth-order valence-corrected chi connectivity index (χ4v) is 2.08. The summed E-state index contributed by atoms with van der Waals surface area (Å²) in [7, 11) is 1.61. The van der Waals surface area contributed by atoms with Crippen molar-refractivity contribution < 1.29 is 19.0 Å². The van der Waals surface area contributed by atoms with Crippen LogP contribution in [-0.4, -0.2) is 32.7 Å². The van der Waals surface area contributed by atoms with Gasteiger partial charge in [-0.15, -0.1) is 0 Å². The SMILES string of the molecule is COCCOc1ccc(C(=O)/C=C/c2ccccc2OCC#N)cc1. The molecule has 0 aliphatic rings. The highest BCUT2D eigenvalue weighted by Gasteiger charge is 2.04. The van der Waals surface area contributed by atoms with Gasteiger partial charge in [-0.1, -0.05) is 18.2 Å². The molecule has 5 nitrogen and oxygen atoms in total. The van der Waals surface area contributed by atoms with Crippen molar-refractivity contribution in [2.75, 3.05) is 26.9 Å². The van der Waals surface area contributed by atoms with Crippen LogP contribution in [0.4, 0.5) is 0 Å².